The SMILES string of the molecule is CCCCC([C@H](O)c1ccccc1)[C@H](O)c1ccccc1. The van der Waals surface area contributed by atoms with Gasteiger partial charge in [-0.05, 0) is 17.5 Å². The van der Waals surface area contributed by atoms with Crippen molar-refractivity contribution in [1.82, 2.24) is 0 Å². The van der Waals surface area contributed by atoms with E-state index in [-0.39, 0.29) is 5.92 Å². The molecule has 21 heavy (non-hydrogen) atoms. The Hall–Kier alpha value is -1.64. The van der Waals surface area contributed by atoms with Gasteiger partial charge in [0.15, 0.2) is 0 Å². The number of unbranched alkanes of at least 4 members (excludes halogenated alkanes) is 1. The lowest BCUT2D eigenvalue weighted by molar-refractivity contribution is 0.00427. The summed E-state index contributed by atoms with van der Waals surface area (Å²) in [5.74, 6) is -0.185. The molecule has 0 bridgehead atoms. The molecule has 2 N–H and O–H groups in total. The highest BCUT2D eigenvalue weighted by molar-refractivity contribution is 5.22. The zero-order valence-electron chi connectivity index (χ0n) is 12.5. The predicted octanol–water partition coefficient (Wildman–Crippen LogP) is 4.26. The van der Waals surface area contributed by atoms with E-state index in [1.807, 2.05) is 60.7 Å². The zero-order chi connectivity index (χ0) is 15.1. The average molecular weight is 284 g/mol. The van der Waals surface area contributed by atoms with Gasteiger partial charge in [-0.3, -0.25) is 0 Å². The number of rotatable bonds is 7. The first-order valence-electron chi connectivity index (χ1n) is 7.70. The van der Waals surface area contributed by atoms with E-state index in [1.54, 1.807) is 0 Å². The Balaban J connectivity index is 2.21. The maximum absolute atomic E-state index is 10.7. The highest BCUT2D eigenvalue weighted by Gasteiger charge is 2.28. The van der Waals surface area contributed by atoms with Gasteiger partial charge in [0.2, 0.25) is 0 Å². The topological polar surface area (TPSA) is 40.5 Å². The van der Waals surface area contributed by atoms with E-state index in [0.29, 0.717) is 0 Å². The van der Waals surface area contributed by atoms with Gasteiger partial charge in [-0.25, -0.2) is 0 Å². The fraction of sp³-hybridized carbons (Fsp3) is 0.368. The molecule has 2 heteroatoms. The van der Waals surface area contributed by atoms with Gasteiger partial charge in [-0.1, -0.05) is 80.4 Å². The average Bonchev–Trinajstić information content (AvgIpc) is 2.56. The Labute approximate surface area is 127 Å². The largest absolute Gasteiger partial charge is 0.388 e. The Kier molecular flexibility index (Phi) is 5.97. The monoisotopic (exact) mass is 284 g/mol. The standard InChI is InChI=1S/C19H24O2/c1-2-3-14-17(18(20)15-10-6-4-7-11-15)19(21)16-12-8-5-9-13-16/h4-13,17-21H,2-3,14H2,1H3/t18-,19-/m1/s1. The summed E-state index contributed by atoms with van der Waals surface area (Å²) >= 11 is 0. The molecule has 0 aliphatic heterocycles. The minimum absolute atomic E-state index is 0.185. The zero-order valence-corrected chi connectivity index (χ0v) is 12.5. The summed E-state index contributed by atoms with van der Waals surface area (Å²) in [5.41, 5.74) is 1.74. The van der Waals surface area contributed by atoms with Crippen molar-refractivity contribution in [2.45, 2.75) is 38.4 Å². The fourth-order valence-corrected chi connectivity index (χ4v) is 2.72. The van der Waals surface area contributed by atoms with Crippen molar-refractivity contribution in [1.29, 1.82) is 0 Å². The molecule has 0 spiro atoms. The summed E-state index contributed by atoms with van der Waals surface area (Å²) in [4.78, 5) is 0. The van der Waals surface area contributed by atoms with Crippen LogP contribution in [0.15, 0.2) is 60.7 Å². The van der Waals surface area contributed by atoms with Crippen LogP contribution < -0.4 is 0 Å². The normalized spacial score (nSPS) is 14.1. The molecule has 2 aromatic rings. The lowest BCUT2D eigenvalue weighted by atomic mass is 9.84. The molecule has 0 aliphatic rings. The molecular formula is C19H24O2. The van der Waals surface area contributed by atoms with E-state index >= 15 is 0 Å². The van der Waals surface area contributed by atoms with E-state index in [9.17, 15) is 10.2 Å². The highest BCUT2D eigenvalue weighted by atomic mass is 16.3. The number of aliphatic hydroxyl groups excluding tert-OH is 2. The van der Waals surface area contributed by atoms with Crippen molar-refractivity contribution in [3.63, 3.8) is 0 Å². The second-order valence-corrected chi connectivity index (χ2v) is 5.52. The molecule has 2 rings (SSSR count). The summed E-state index contributed by atoms with van der Waals surface area (Å²) in [6.07, 6.45) is 1.57. The molecule has 0 amide bonds. The van der Waals surface area contributed by atoms with Crippen LogP contribution in [0.25, 0.3) is 0 Å². The molecule has 0 saturated carbocycles. The molecule has 2 atom stereocenters. The predicted molar refractivity (Wildman–Crippen MR) is 85.8 cm³/mol. The maximum Gasteiger partial charge on any atom is 0.0846 e. The molecule has 0 saturated heterocycles. The van der Waals surface area contributed by atoms with E-state index in [0.717, 1.165) is 30.4 Å². The molecular weight excluding hydrogens is 260 g/mol. The van der Waals surface area contributed by atoms with Gasteiger partial charge in [0, 0.05) is 5.92 Å². The minimum atomic E-state index is -0.645. The van der Waals surface area contributed by atoms with Crippen LogP contribution >= 0.6 is 0 Å². The van der Waals surface area contributed by atoms with Crippen LogP contribution in [0.1, 0.15) is 49.5 Å². The maximum atomic E-state index is 10.7. The number of hydrogen-bond acceptors (Lipinski definition) is 2. The van der Waals surface area contributed by atoms with Crippen LogP contribution in [0.5, 0.6) is 0 Å². The van der Waals surface area contributed by atoms with E-state index < -0.39 is 12.2 Å². The van der Waals surface area contributed by atoms with Gasteiger partial charge in [-0.2, -0.15) is 0 Å². The molecule has 0 aromatic heterocycles. The third kappa shape index (κ3) is 4.16. The Morgan fingerprint density at radius 2 is 1.19 bits per heavy atom. The lowest BCUT2D eigenvalue weighted by Gasteiger charge is -2.28. The van der Waals surface area contributed by atoms with Gasteiger partial charge in [0.1, 0.15) is 0 Å². The lowest BCUT2D eigenvalue weighted by Crippen LogP contribution is -2.21. The quantitative estimate of drug-likeness (QED) is 0.797. The Morgan fingerprint density at radius 3 is 1.57 bits per heavy atom. The van der Waals surface area contributed by atoms with Gasteiger partial charge in [-0.15, -0.1) is 0 Å². The van der Waals surface area contributed by atoms with Crippen LogP contribution in [-0.4, -0.2) is 10.2 Å². The van der Waals surface area contributed by atoms with Crippen LogP contribution in [0.3, 0.4) is 0 Å². The van der Waals surface area contributed by atoms with Crippen molar-refractivity contribution in [2.75, 3.05) is 0 Å². The Morgan fingerprint density at radius 1 is 0.762 bits per heavy atom. The first kappa shape index (κ1) is 15.7. The van der Waals surface area contributed by atoms with Crippen molar-refractivity contribution in [2.24, 2.45) is 5.92 Å². The number of aliphatic hydroxyl groups is 2. The summed E-state index contributed by atoms with van der Waals surface area (Å²) in [7, 11) is 0. The third-order valence-electron chi connectivity index (χ3n) is 3.98. The molecule has 0 heterocycles. The van der Waals surface area contributed by atoms with Crippen molar-refractivity contribution >= 4 is 0 Å². The van der Waals surface area contributed by atoms with Gasteiger partial charge < -0.3 is 10.2 Å². The summed E-state index contributed by atoms with van der Waals surface area (Å²) < 4.78 is 0. The van der Waals surface area contributed by atoms with Crippen LogP contribution in [0.4, 0.5) is 0 Å². The molecule has 0 aliphatic carbocycles. The smallest absolute Gasteiger partial charge is 0.0846 e. The van der Waals surface area contributed by atoms with Gasteiger partial charge >= 0.3 is 0 Å². The van der Waals surface area contributed by atoms with Gasteiger partial charge in [0.25, 0.3) is 0 Å². The summed E-state index contributed by atoms with van der Waals surface area (Å²) in [5, 5.41) is 21.4. The number of benzene rings is 2. The molecule has 2 aromatic carbocycles. The van der Waals surface area contributed by atoms with E-state index in [2.05, 4.69) is 6.92 Å². The first-order valence-corrected chi connectivity index (χ1v) is 7.70. The van der Waals surface area contributed by atoms with E-state index in [4.69, 9.17) is 0 Å². The summed E-state index contributed by atoms with van der Waals surface area (Å²) in [6.45, 7) is 2.13. The van der Waals surface area contributed by atoms with Crippen LogP contribution in [-0.2, 0) is 0 Å². The molecule has 112 valence electrons. The van der Waals surface area contributed by atoms with Gasteiger partial charge in [0.05, 0.1) is 12.2 Å². The van der Waals surface area contributed by atoms with Crippen molar-refractivity contribution in [3.8, 4) is 0 Å². The third-order valence-corrected chi connectivity index (χ3v) is 3.98. The van der Waals surface area contributed by atoms with Crippen LogP contribution in [0.2, 0.25) is 0 Å². The second-order valence-electron chi connectivity index (χ2n) is 5.52. The fourth-order valence-electron chi connectivity index (χ4n) is 2.72. The number of hydrogen-bond donors (Lipinski definition) is 2. The highest BCUT2D eigenvalue weighted by Crippen LogP contribution is 2.36. The molecule has 0 radical (unpaired) electrons. The van der Waals surface area contributed by atoms with Crippen LogP contribution in [0, 0.1) is 5.92 Å². The van der Waals surface area contributed by atoms with E-state index in [1.165, 1.54) is 0 Å². The van der Waals surface area contributed by atoms with Crippen molar-refractivity contribution in [3.05, 3.63) is 71.8 Å². The Bertz CT molecular complexity index is 464. The minimum Gasteiger partial charge on any atom is -0.388 e. The molecule has 0 unspecified atom stereocenters. The first-order chi connectivity index (χ1) is 10.2. The van der Waals surface area contributed by atoms with Crippen molar-refractivity contribution < 1.29 is 10.2 Å². The second kappa shape index (κ2) is 7.96. The summed E-state index contributed by atoms with van der Waals surface area (Å²) in [6, 6.07) is 19.2. The molecule has 2 nitrogen and oxygen atoms in total. The molecule has 0 fully saturated rings.